The van der Waals surface area contributed by atoms with E-state index in [0.29, 0.717) is 4.64 Å². The van der Waals surface area contributed by atoms with Crippen molar-refractivity contribution in [3.05, 3.63) is 57.0 Å². The number of rotatable bonds is 4. The van der Waals surface area contributed by atoms with Crippen LogP contribution >= 0.6 is 28.1 Å². The predicted molar refractivity (Wildman–Crippen MR) is 84.9 cm³/mol. The molecule has 0 bridgehead atoms. The molecule has 0 fully saturated rings. The van der Waals surface area contributed by atoms with Crippen LogP contribution in [-0.4, -0.2) is 9.97 Å². The van der Waals surface area contributed by atoms with E-state index in [0.717, 1.165) is 23.1 Å². The smallest absolute Gasteiger partial charge is 0.120 e. The minimum Gasteiger partial charge on any atom is -0.333 e. The highest BCUT2D eigenvalue weighted by Gasteiger charge is 2.32. The molecule has 19 heavy (non-hydrogen) atoms. The zero-order valence-electron chi connectivity index (χ0n) is 11.1. The summed E-state index contributed by atoms with van der Waals surface area (Å²) >= 11 is 8.71. The second-order valence-corrected chi connectivity index (χ2v) is 5.83. The van der Waals surface area contributed by atoms with E-state index in [-0.39, 0.29) is 5.41 Å². The summed E-state index contributed by atoms with van der Waals surface area (Å²) in [7, 11) is 0. The van der Waals surface area contributed by atoms with Gasteiger partial charge in [0, 0.05) is 6.20 Å². The maximum atomic E-state index is 5.31. The Balaban J connectivity index is 2.62. The van der Waals surface area contributed by atoms with Crippen molar-refractivity contribution < 1.29 is 0 Å². The number of nitrogens with one attached hydrogen (secondary N) is 1. The first kappa shape index (κ1) is 14.4. The number of hydrogen-bond acceptors (Lipinski definition) is 2. The SMILES string of the molecule is CCC(CC)(c1ccccc1)c1ncc(Br)c(=S)[nH]1. The van der Waals surface area contributed by atoms with Gasteiger partial charge in [-0.25, -0.2) is 4.98 Å². The fraction of sp³-hybridized carbons (Fsp3) is 0.333. The molecule has 0 radical (unpaired) electrons. The van der Waals surface area contributed by atoms with E-state index in [2.05, 4.69) is 64.0 Å². The molecule has 1 N–H and O–H groups in total. The van der Waals surface area contributed by atoms with E-state index in [9.17, 15) is 0 Å². The second-order valence-electron chi connectivity index (χ2n) is 4.56. The normalized spacial score (nSPS) is 11.5. The van der Waals surface area contributed by atoms with Gasteiger partial charge in [-0.15, -0.1) is 0 Å². The molecular weight excluding hydrogens is 320 g/mol. The summed E-state index contributed by atoms with van der Waals surface area (Å²) in [5, 5.41) is 0. The minimum absolute atomic E-state index is 0.102. The largest absolute Gasteiger partial charge is 0.333 e. The lowest BCUT2D eigenvalue weighted by molar-refractivity contribution is 0.448. The third-order valence-electron chi connectivity index (χ3n) is 3.74. The van der Waals surface area contributed by atoms with Crippen LogP contribution in [-0.2, 0) is 5.41 Å². The van der Waals surface area contributed by atoms with Gasteiger partial charge in [0.2, 0.25) is 0 Å². The van der Waals surface area contributed by atoms with Gasteiger partial charge in [0.15, 0.2) is 0 Å². The number of aromatic nitrogens is 2. The van der Waals surface area contributed by atoms with Crippen molar-refractivity contribution in [2.24, 2.45) is 0 Å². The van der Waals surface area contributed by atoms with Crippen LogP contribution in [0.1, 0.15) is 38.1 Å². The quantitative estimate of drug-likeness (QED) is 0.795. The summed E-state index contributed by atoms with van der Waals surface area (Å²) in [6.07, 6.45) is 3.75. The van der Waals surface area contributed by atoms with E-state index < -0.39 is 0 Å². The minimum atomic E-state index is -0.102. The topological polar surface area (TPSA) is 28.7 Å². The van der Waals surface area contributed by atoms with Gasteiger partial charge in [-0.1, -0.05) is 56.4 Å². The first-order valence-corrected chi connectivity index (χ1v) is 7.65. The highest BCUT2D eigenvalue weighted by molar-refractivity contribution is 9.10. The lowest BCUT2D eigenvalue weighted by Crippen LogP contribution is -2.28. The number of aromatic amines is 1. The number of benzene rings is 1. The Labute approximate surface area is 127 Å². The highest BCUT2D eigenvalue weighted by atomic mass is 79.9. The molecule has 2 rings (SSSR count). The summed E-state index contributed by atoms with van der Waals surface area (Å²) in [5.74, 6) is 0.942. The Morgan fingerprint density at radius 1 is 1.21 bits per heavy atom. The van der Waals surface area contributed by atoms with Crippen molar-refractivity contribution in [2.45, 2.75) is 32.1 Å². The van der Waals surface area contributed by atoms with Gasteiger partial charge in [-0.2, -0.15) is 0 Å². The Bertz CT molecular complexity index is 603. The third kappa shape index (κ3) is 2.65. The molecule has 0 unspecified atom stereocenters. The monoisotopic (exact) mass is 336 g/mol. The van der Waals surface area contributed by atoms with Crippen LogP contribution in [0.3, 0.4) is 0 Å². The third-order valence-corrected chi connectivity index (χ3v) is 4.93. The first-order valence-electron chi connectivity index (χ1n) is 6.45. The lowest BCUT2D eigenvalue weighted by atomic mass is 9.75. The van der Waals surface area contributed by atoms with E-state index in [4.69, 9.17) is 12.2 Å². The van der Waals surface area contributed by atoms with Gasteiger partial charge in [-0.3, -0.25) is 0 Å². The molecular formula is C15H17BrN2S. The molecule has 0 amide bonds. The molecule has 0 aliphatic carbocycles. The van der Waals surface area contributed by atoms with Gasteiger partial charge >= 0.3 is 0 Å². The van der Waals surface area contributed by atoms with Crippen molar-refractivity contribution in [1.82, 2.24) is 9.97 Å². The Kier molecular flexibility index (Phi) is 4.53. The van der Waals surface area contributed by atoms with Gasteiger partial charge in [0.05, 0.1) is 9.89 Å². The summed E-state index contributed by atoms with van der Waals surface area (Å²) in [6.45, 7) is 4.38. The fourth-order valence-corrected chi connectivity index (χ4v) is 2.86. The van der Waals surface area contributed by atoms with Gasteiger partial charge in [0.1, 0.15) is 10.5 Å². The van der Waals surface area contributed by atoms with Crippen LogP contribution in [0.5, 0.6) is 0 Å². The van der Waals surface area contributed by atoms with E-state index in [1.807, 2.05) is 6.07 Å². The van der Waals surface area contributed by atoms with E-state index in [1.165, 1.54) is 5.56 Å². The molecule has 2 nitrogen and oxygen atoms in total. The van der Waals surface area contributed by atoms with Gasteiger partial charge < -0.3 is 4.98 Å². The molecule has 1 aromatic heterocycles. The fourth-order valence-electron chi connectivity index (χ4n) is 2.51. The first-order chi connectivity index (χ1) is 9.14. The standard InChI is InChI=1S/C15H17BrN2S/c1-3-15(4-2,11-8-6-5-7-9-11)14-17-10-12(16)13(19)18-14/h5-10H,3-4H2,1-2H3,(H,17,18,19). The molecule has 4 heteroatoms. The van der Waals surface area contributed by atoms with Crippen molar-refractivity contribution in [1.29, 1.82) is 0 Å². The predicted octanol–water partition coefficient (Wildman–Crippen LogP) is 5.01. The average molecular weight is 337 g/mol. The summed E-state index contributed by atoms with van der Waals surface area (Å²) in [6, 6.07) is 10.5. The molecule has 0 spiro atoms. The van der Waals surface area contributed by atoms with Crippen LogP contribution < -0.4 is 0 Å². The molecule has 1 heterocycles. The second kappa shape index (κ2) is 5.97. The van der Waals surface area contributed by atoms with E-state index in [1.54, 1.807) is 6.20 Å². The summed E-state index contributed by atoms with van der Waals surface area (Å²) < 4.78 is 1.53. The maximum Gasteiger partial charge on any atom is 0.120 e. The van der Waals surface area contributed by atoms with Crippen molar-refractivity contribution in [3.63, 3.8) is 0 Å². The Morgan fingerprint density at radius 3 is 2.37 bits per heavy atom. The molecule has 0 saturated carbocycles. The summed E-state index contributed by atoms with van der Waals surface area (Å²) in [5.41, 5.74) is 1.18. The van der Waals surface area contributed by atoms with Crippen molar-refractivity contribution in [2.75, 3.05) is 0 Å². The average Bonchev–Trinajstić information content (AvgIpc) is 2.46. The maximum absolute atomic E-state index is 5.31. The summed E-state index contributed by atoms with van der Waals surface area (Å²) in [4.78, 5) is 7.83. The van der Waals surface area contributed by atoms with Gasteiger partial charge in [-0.05, 0) is 34.3 Å². The number of nitrogens with zero attached hydrogens (tertiary/aromatic N) is 1. The number of H-pyrrole nitrogens is 1. The number of hydrogen-bond donors (Lipinski definition) is 1. The Morgan fingerprint density at radius 2 is 1.84 bits per heavy atom. The lowest BCUT2D eigenvalue weighted by Gasteiger charge is -2.31. The molecule has 100 valence electrons. The molecule has 0 atom stereocenters. The highest BCUT2D eigenvalue weighted by Crippen LogP contribution is 2.36. The van der Waals surface area contributed by atoms with Crippen LogP contribution in [0, 0.1) is 4.64 Å². The van der Waals surface area contributed by atoms with Crippen LogP contribution in [0.15, 0.2) is 41.0 Å². The molecule has 0 aliphatic rings. The van der Waals surface area contributed by atoms with Crippen LogP contribution in [0.25, 0.3) is 0 Å². The van der Waals surface area contributed by atoms with Crippen molar-refractivity contribution >= 4 is 28.1 Å². The van der Waals surface area contributed by atoms with Gasteiger partial charge in [0.25, 0.3) is 0 Å². The van der Waals surface area contributed by atoms with Crippen LogP contribution in [0.4, 0.5) is 0 Å². The number of halogens is 1. The zero-order valence-corrected chi connectivity index (χ0v) is 13.5. The van der Waals surface area contributed by atoms with E-state index >= 15 is 0 Å². The molecule has 0 saturated heterocycles. The molecule has 1 aromatic carbocycles. The Hall–Kier alpha value is -1.00. The van der Waals surface area contributed by atoms with Crippen LogP contribution in [0.2, 0.25) is 0 Å². The molecule has 2 aromatic rings. The molecule has 0 aliphatic heterocycles. The van der Waals surface area contributed by atoms with Crippen molar-refractivity contribution in [3.8, 4) is 0 Å². The zero-order chi connectivity index (χ0) is 13.9.